The number of hydrogen-bond donors (Lipinski definition) is 1. The topological polar surface area (TPSA) is 37.8 Å². The summed E-state index contributed by atoms with van der Waals surface area (Å²) in [5.74, 6) is 0. The lowest BCUT2D eigenvalue weighted by Gasteiger charge is -2.06. The van der Waals surface area contributed by atoms with E-state index in [0.717, 1.165) is 5.52 Å². The molecule has 0 aliphatic heterocycles. The lowest BCUT2D eigenvalue weighted by atomic mass is 10.3. The molecule has 2 heterocycles. The highest BCUT2D eigenvalue weighted by atomic mass is 35.5. The number of fused-ring (bicyclic) bond motifs is 1. The van der Waals surface area contributed by atoms with Crippen LogP contribution in [0.5, 0.6) is 0 Å². The second-order valence-corrected chi connectivity index (χ2v) is 5.45. The highest BCUT2D eigenvalue weighted by Gasteiger charge is 2.08. The monoisotopic (exact) mass is 294 g/mol. The highest BCUT2D eigenvalue weighted by Crippen LogP contribution is 2.17. The minimum absolute atomic E-state index is 0.105. The number of benzene rings is 1. The van der Waals surface area contributed by atoms with Crippen molar-refractivity contribution >= 4 is 45.4 Å². The number of thiophene rings is 1. The molecule has 0 bridgehead atoms. The van der Waals surface area contributed by atoms with E-state index in [-0.39, 0.29) is 5.56 Å². The zero-order chi connectivity index (χ0) is 12.7. The van der Waals surface area contributed by atoms with Crippen LogP contribution in [0.15, 0.2) is 40.5 Å². The van der Waals surface area contributed by atoms with Crippen molar-refractivity contribution in [3.05, 3.63) is 55.9 Å². The molecule has 0 atom stereocenters. The predicted molar refractivity (Wildman–Crippen MR) is 77.6 cm³/mol. The van der Waals surface area contributed by atoms with E-state index in [1.54, 1.807) is 24.3 Å². The van der Waals surface area contributed by atoms with Crippen LogP contribution in [0.3, 0.4) is 0 Å². The van der Waals surface area contributed by atoms with Crippen LogP contribution >= 0.6 is 35.2 Å². The number of rotatable bonds is 1. The van der Waals surface area contributed by atoms with E-state index in [2.05, 4.69) is 4.98 Å². The van der Waals surface area contributed by atoms with Crippen LogP contribution in [0.25, 0.3) is 15.9 Å². The third kappa shape index (κ3) is 1.80. The molecule has 0 aliphatic carbocycles. The summed E-state index contributed by atoms with van der Waals surface area (Å²) in [7, 11) is 0. The summed E-state index contributed by atoms with van der Waals surface area (Å²) in [5, 5.41) is 2.49. The molecule has 0 saturated heterocycles. The molecule has 18 heavy (non-hydrogen) atoms. The predicted octanol–water partition coefficient (Wildman–Crippen LogP) is 3.76. The molecule has 2 aromatic heterocycles. The summed E-state index contributed by atoms with van der Waals surface area (Å²) >= 11 is 12.5. The Morgan fingerprint density at radius 2 is 1.94 bits per heavy atom. The Labute approximate surface area is 116 Å². The maximum Gasteiger partial charge on any atom is 0.276 e. The van der Waals surface area contributed by atoms with Crippen LogP contribution in [0, 0.1) is 4.77 Å². The third-order valence-corrected chi connectivity index (χ3v) is 4.03. The van der Waals surface area contributed by atoms with E-state index in [4.69, 9.17) is 23.8 Å². The molecule has 0 saturated carbocycles. The standard InChI is InChI=1S/C12H7ClN2OS2/c13-7-1-3-8(4-2-7)15-11(16)10-9(5-6-18-10)14-12(15)17/h1-6H,(H,14,17). The molecule has 90 valence electrons. The number of nitrogens with zero attached hydrogens (tertiary/aromatic N) is 1. The van der Waals surface area contributed by atoms with Crippen LogP contribution in [0.4, 0.5) is 0 Å². The first kappa shape index (κ1) is 11.6. The van der Waals surface area contributed by atoms with E-state index in [9.17, 15) is 4.79 Å². The summed E-state index contributed by atoms with van der Waals surface area (Å²) in [6, 6.07) is 8.86. The summed E-state index contributed by atoms with van der Waals surface area (Å²) in [5.41, 5.74) is 1.38. The van der Waals surface area contributed by atoms with Gasteiger partial charge in [0.05, 0.1) is 11.2 Å². The van der Waals surface area contributed by atoms with Crippen molar-refractivity contribution in [3.63, 3.8) is 0 Å². The summed E-state index contributed by atoms with van der Waals surface area (Å²) in [6.07, 6.45) is 0. The van der Waals surface area contributed by atoms with E-state index in [1.807, 2.05) is 11.4 Å². The van der Waals surface area contributed by atoms with Gasteiger partial charge in [0, 0.05) is 5.02 Å². The fourth-order valence-electron chi connectivity index (χ4n) is 1.76. The Bertz CT molecular complexity index is 830. The van der Waals surface area contributed by atoms with Gasteiger partial charge in [0.1, 0.15) is 4.70 Å². The smallest absolute Gasteiger partial charge is 0.276 e. The normalized spacial score (nSPS) is 10.9. The second kappa shape index (κ2) is 4.35. The van der Waals surface area contributed by atoms with E-state index in [1.165, 1.54) is 15.9 Å². The zero-order valence-electron chi connectivity index (χ0n) is 9.01. The molecular formula is C12H7ClN2OS2. The van der Waals surface area contributed by atoms with Crippen LogP contribution in [-0.2, 0) is 0 Å². The van der Waals surface area contributed by atoms with Crippen molar-refractivity contribution in [1.29, 1.82) is 0 Å². The molecule has 6 heteroatoms. The summed E-state index contributed by atoms with van der Waals surface area (Å²) in [4.78, 5) is 15.4. The maximum atomic E-state index is 12.3. The van der Waals surface area contributed by atoms with E-state index < -0.39 is 0 Å². The Balaban J connectivity index is 2.38. The first-order chi connectivity index (χ1) is 8.66. The van der Waals surface area contributed by atoms with Gasteiger partial charge in [-0.25, -0.2) is 0 Å². The van der Waals surface area contributed by atoms with Gasteiger partial charge in [0.25, 0.3) is 5.56 Å². The van der Waals surface area contributed by atoms with Gasteiger partial charge in [-0.05, 0) is 47.9 Å². The first-order valence-electron chi connectivity index (χ1n) is 5.15. The molecule has 1 N–H and O–H groups in total. The number of halogens is 1. The van der Waals surface area contributed by atoms with Crippen molar-refractivity contribution in [2.24, 2.45) is 0 Å². The van der Waals surface area contributed by atoms with Crippen molar-refractivity contribution in [3.8, 4) is 5.69 Å². The maximum absolute atomic E-state index is 12.3. The van der Waals surface area contributed by atoms with Crippen LogP contribution < -0.4 is 5.56 Å². The number of nitrogens with one attached hydrogen (secondary N) is 1. The van der Waals surface area contributed by atoms with Gasteiger partial charge in [-0.15, -0.1) is 11.3 Å². The van der Waals surface area contributed by atoms with Gasteiger partial charge in [-0.1, -0.05) is 11.6 Å². The van der Waals surface area contributed by atoms with Crippen LogP contribution in [-0.4, -0.2) is 9.55 Å². The van der Waals surface area contributed by atoms with E-state index in [0.29, 0.717) is 20.2 Å². The van der Waals surface area contributed by atoms with E-state index >= 15 is 0 Å². The van der Waals surface area contributed by atoms with Gasteiger partial charge in [-0.2, -0.15) is 0 Å². The number of H-pyrrole nitrogens is 1. The summed E-state index contributed by atoms with van der Waals surface area (Å²) < 4.78 is 2.52. The molecule has 0 radical (unpaired) electrons. The molecule has 1 aromatic carbocycles. The molecular weight excluding hydrogens is 288 g/mol. The van der Waals surface area contributed by atoms with Gasteiger partial charge in [0.15, 0.2) is 4.77 Å². The van der Waals surface area contributed by atoms with Crippen molar-refractivity contribution in [2.45, 2.75) is 0 Å². The Hall–Kier alpha value is -1.43. The molecule has 3 rings (SSSR count). The van der Waals surface area contributed by atoms with Gasteiger partial charge >= 0.3 is 0 Å². The minimum atomic E-state index is -0.105. The highest BCUT2D eigenvalue weighted by molar-refractivity contribution is 7.71. The molecule has 0 amide bonds. The van der Waals surface area contributed by atoms with Gasteiger partial charge < -0.3 is 4.98 Å². The Morgan fingerprint density at radius 1 is 1.22 bits per heavy atom. The lowest BCUT2D eigenvalue weighted by molar-refractivity contribution is 0.944. The SMILES string of the molecule is O=c1c2sccc2[nH]c(=S)n1-c1ccc(Cl)cc1. The van der Waals surface area contributed by atoms with Crippen molar-refractivity contribution in [1.82, 2.24) is 9.55 Å². The molecule has 0 spiro atoms. The number of hydrogen-bond acceptors (Lipinski definition) is 3. The lowest BCUT2D eigenvalue weighted by Crippen LogP contribution is -2.19. The molecule has 0 fully saturated rings. The Morgan fingerprint density at radius 3 is 2.67 bits per heavy atom. The third-order valence-electron chi connectivity index (χ3n) is 2.59. The van der Waals surface area contributed by atoms with Gasteiger partial charge in [0.2, 0.25) is 0 Å². The van der Waals surface area contributed by atoms with Gasteiger partial charge in [-0.3, -0.25) is 9.36 Å². The second-order valence-electron chi connectivity index (χ2n) is 3.71. The first-order valence-corrected chi connectivity index (χ1v) is 6.82. The molecule has 0 aliphatic rings. The van der Waals surface area contributed by atoms with Crippen molar-refractivity contribution < 1.29 is 0 Å². The number of aromatic nitrogens is 2. The fourth-order valence-corrected chi connectivity index (χ4v) is 2.97. The quantitative estimate of drug-likeness (QED) is 0.694. The molecule has 3 nitrogen and oxygen atoms in total. The van der Waals surface area contributed by atoms with Crippen molar-refractivity contribution in [2.75, 3.05) is 0 Å². The molecule has 0 unspecified atom stereocenters. The zero-order valence-corrected chi connectivity index (χ0v) is 11.4. The minimum Gasteiger partial charge on any atom is -0.331 e. The fraction of sp³-hybridized carbons (Fsp3) is 0. The average molecular weight is 295 g/mol. The largest absolute Gasteiger partial charge is 0.331 e. The molecule has 3 aromatic rings. The van der Waals surface area contributed by atoms with Crippen LogP contribution in [0.1, 0.15) is 0 Å². The Kier molecular flexibility index (Phi) is 2.81. The summed E-state index contributed by atoms with van der Waals surface area (Å²) in [6.45, 7) is 0. The average Bonchev–Trinajstić information content (AvgIpc) is 2.80. The van der Waals surface area contributed by atoms with Crippen LogP contribution in [0.2, 0.25) is 5.02 Å². The number of aromatic amines is 1.